The molecule has 17 heavy (non-hydrogen) atoms. The van der Waals surface area contributed by atoms with Crippen molar-refractivity contribution in [1.82, 2.24) is 4.90 Å². The van der Waals surface area contributed by atoms with E-state index < -0.39 is 0 Å². The van der Waals surface area contributed by atoms with Gasteiger partial charge < -0.3 is 5.11 Å². The minimum Gasteiger partial charge on any atom is -0.393 e. The van der Waals surface area contributed by atoms with Gasteiger partial charge in [-0.1, -0.05) is 30.3 Å². The zero-order valence-corrected chi connectivity index (χ0v) is 11.1. The molecule has 0 aromatic heterocycles. The molecule has 0 saturated carbocycles. The van der Waals surface area contributed by atoms with Gasteiger partial charge in [-0.3, -0.25) is 4.90 Å². The molecule has 1 saturated heterocycles. The summed E-state index contributed by atoms with van der Waals surface area (Å²) in [4.78, 5) is 2.51. The van der Waals surface area contributed by atoms with Gasteiger partial charge in [0.05, 0.1) is 6.10 Å². The van der Waals surface area contributed by atoms with E-state index in [9.17, 15) is 5.11 Å². The van der Waals surface area contributed by atoms with Gasteiger partial charge in [-0.2, -0.15) is 0 Å². The van der Waals surface area contributed by atoms with Crippen LogP contribution in [0.3, 0.4) is 0 Å². The highest BCUT2D eigenvalue weighted by Crippen LogP contribution is 2.35. The van der Waals surface area contributed by atoms with Crippen LogP contribution in [0, 0.1) is 0 Å². The molecule has 0 amide bonds. The summed E-state index contributed by atoms with van der Waals surface area (Å²) in [6.07, 6.45) is 1.62. The summed E-state index contributed by atoms with van der Waals surface area (Å²) in [6.45, 7) is 7.70. The van der Waals surface area contributed by atoms with Crippen LogP contribution in [-0.4, -0.2) is 28.2 Å². The number of benzene rings is 1. The van der Waals surface area contributed by atoms with Crippen molar-refractivity contribution in [3.8, 4) is 0 Å². The maximum absolute atomic E-state index is 9.79. The highest BCUT2D eigenvalue weighted by atomic mass is 16.3. The van der Waals surface area contributed by atoms with E-state index in [2.05, 4.69) is 56.0 Å². The molecule has 94 valence electrons. The fourth-order valence-corrected chi connectivity index (χ4v) is 3.02. The minimum atomic E-state index is -0.135. The maximum atomic E-state index is 9.79. The molecule has 1 fully saturated rings. The number of rotatable bonds is 2. The third-order valence-corrected chi connectivity index (χ3v) is 3.97. The van der Waals surface area contributed by atoms with Crippen molar-refractivity contribution in [2.24, 2.45) is 0 Å². The Kier molecular flexibility index (Phi) is 3.55. The summed E-state index contributed by atoms with van der Waals surface area (Å²) < 4.78 is 0. The van der Waals surface area contributed by atoms with Crippen LogP contribution in [0.1, 0.15) is 45.2 Å². The van der Waals surface area contributed by atoms with Crippen molar-refractivity contribution < 1.29 is 5.11 Å². The molecule has 1 aromatic rings. The Labute approximate surface area is 104 Å². The van der Waals surface area contributed by atoms with E-state index in [1.807, 2.05) is 0 Å². The number of nitrogens with zero attached hydrogens (tertiary/aromatic N) is 1. The summed E-state index contributed by atoms with van der Waals surface area (Å²) in [5, 5.41) is 9.79. The van der Waals surface area contributed by atoms with Gasteiger partial charge in [0.1, 0.15) is 0 Å². The van der Waals surface area contributed by atoms with Crippen LogP contribution in [0.2, 0.25) is 0 Å². The van der Waals surface area contributed by atoms with Crippen LogP contribution < -0.4 is 0 Å². The van der Waals surface area contributed by atoms with Crippen molar-refractivity contribution in [2.75, 3.05) is 6.54 Å². The SMILES string of the molecule is CC(c1ccccc1)N1CCC(O)CC1(C)C. The van der Waals surface area contributed by atoms with Crippen molar-refractivity contribution in [1.29, 1.82) is 0 Å². The molecule has 2 nitrogen and oxygen atoms in total. The van der Waals surface area contributed by atoms with Crippen LogP contribution in [0.25, 0.3) is 0 Å². The lowest BCUT2D eigenvalue weighted by Crippen LogP contribution is -2.52. The second-order valence-electron chi connectivity index (χ2n) is 5.74. The molecule has 0 aliphatic carbocycles. The number of hydrogen-bond acceptors (Lipinski definition) is 2. The Hall–Kier alpha value is -0.860. The van der Waals surface area contributed by atoms with Gasteiger partial charge >= 0.3 is 0 Å². The topological polar surface area (TPSA) is 23.5 Å². The molecule has 0 radical (unpaired) electrons. The number of likely N-dealkylation sites (tertiary alicyclic amines) is 1. The zero-order chi connectivity index (χ0) is 12.5. The van der Waals surface area contributed by atoms with Crippen LogP contribution in [0.15, 0.2) is 30.3 Å². The first kappa shape index (κ1) is 12.6. The van der Waals surface area contributed by atoms with E-state index in [-0.39, 0.29) is 11.6 Å². The Bertz CT molecular complexity index is 360. The van der Waals surface area contributed by atoms with E-state index in [0.29, 0.717) is 6.04 Å². The van der Waals surface area contributed by atoms with Crippen LogP contribution in [0.4, 0.5) is 0 Å². The van der Waals surface area contributed by atoms with Crippen molar-refractivity contribution in [3.05, 3.63) is 35.9 Å². The number of hydrogen-bond donors (Lipinski definition) is 1. The van der Waals surface area contributed by atoms with Gasteiger partial charge in [0.2, 0.25) is 0 Å². The largest absolute Gasteiger partial charge is 0.393 e. The van der Waals surface area contributed by atoms with Crippen LogP contribution >= 0.6 is 0 Å². The first-order chi connectivity index (χ1) is 8.00. The Morgan fingerprint density at radius 2 is 1.94 bits per heavy atom. The summed E-state index contributed by atoms with van der Waals surface area (Å²) >= 11 is 0. The van der Waals surface area contributed by atoms with E-state index in [1.54, 1.807) is 0 Å². The smallest absolute Gasteiger partial charge is 0.0569 e. The van der Waals surface area contributed by atoms with Crippen LogP contribution in [0.5, 0.6) is 0 Å². The Morgan fingerprint density at radius 1 is 1.29 bits per heavy atom. The second kappa shape index (κ2) is 4.79. The first-order valence-electron chi connectivity index (χ1n) is 6.50. The third kappa shape index (κ3) is 2.70. The van der Waals surface area contributed by atoms with E-state index in [0.717, 1.165) is 19.4 Å². The van der Waals surface area contributed by atoms with Crippen molar-refractivity contribution in [2.45, 2.75) is 51.3 Å². The fourth-order valence-electron chi connectivity index (χ4n) is 3.02. The molecular weight excluding hydrogens is 210 g/mol. The number of piperidine rings is 1. The number of aliphatic hydroxyl groups excluding tert-OH is 1. The van der Waals surface area contributed by atoms with Gasteiger partial charge in [-0.25, -0.2) is 0 Å². The molecule has 2 unspecified atom stereocenters. The average molecular weight is 233 g/mol. The molecular formula is C15H23NO. The standard InChI is InChI=1S/C15H23NO/c1-12(13-7-5-4-6-8-13)16-10-9-14(17)11-15(16,2)3/h4-8,12,14,17H,9-11H2,1-3H3. The first-order valence-corrected chi connectivity index (χ1v) is 6.50. The lowest BCUT2D eigenvalue weighted by Gasteiger charge is -2.47. The predicted octanol–water partition coefficient (Wildman–Crippen LogP) is 2.98. The normalized spacial score (nSPS) is 26.7. The lowest BCUT2D eigenvalue weighted by molar-refractivity contribution is -0.0242. The molecule has 0 bridgehead atoms. The van der Waals surface area contributed by atoms with Crippen LogP contribution in [-0.2, 0) is 0 Å². The molecule has 0 spiro atoms. The fraction of sp³-hybridized carbons (Fsp3) is 0.600. The zero-order valence-electron chi connectivity index (χ0n) is 11.1. The summed E-state index contributed by atoms with van der Waals surface area (Å²) in [5.41, 5.74) is 1.43. The molecule has 1 aliphatic heterocycles. The van der Waals surface area contributed by atoms with E-state index in [4.69, 9.17) is 0 Å². The molecule has 1 aliphatic rings. The second-order valence-corrected chi connectivity index (χ2v) is 5.74. The predicted molar refractivity (Wildman–Crippen MR) is 70.9 cm³/mol. The Balaban J connectivity index is 2.17. The van der Waals surface area contributed by atoms with Gasteiger partial charge in [0, 0.05) is 18.1 Å². The highest BCUT2D eigenvalue weighted by molar-refractivity contribution is 5.19. The van der Waals surface area contributed by atoms with E-state index in [1.165, 1.54) is 5.56 Å². The molecule has 2 atom stereocenters. The molecule has 1 heterocycles. The quantitative estimate of drug-likeness (QED) is 0.849. The molecule has 2 rings (SSSR count). The van der Waals surface area contributed by atoms with Crippen molar-refractivity contribution in [3.63, 3.8) is 0 Å². The Morgan fingerprint density at radius 3 is 2.53 bits per heavy atom. The average Bonchev–Trinajstić information content (AvgIpc) is 2.28. The highest BCUT2D eigenvalue weighted by Gasteiger charge is 2.36. The van der Waals surface area contributed by atoms with Gasteiger partial charge in [-0.05, 0) is 39.2 Å². The summed E-state index contributed by atoms with van der Waals surface area (Å²) in [6, 6.07) is 11.0. The maximum Gasteiger partial charge on any atom is 0.0569 e. The molecule has 1 aromatic carbocycles. The van der Waals surface area contributed by atoms with Gasteiger partial charge in [-0.15, -0.1) is 0 Å². The van der Waals surface area contributed by atoms with Crippen molar-refractivity contribution >= 4 is 0 Å². The monoisotopic (exact) mass is 233 g/mol. The van der Waals surface area contributed by atoms with Gasteiger partial charge in [0.15, 0.2) is 0 Å². The minimum absolute atomic E-state index is 0.0763. The molecule has 2 heteroatoms. The summed E-state index contributed by atoms with van der Waals surface area (Å²) in [7, 11) is 0. The third-order valence-electron chi connectivity index (χ3n) is 3.97. The molecule has 1 N–H and O–H groups in total. The lowest BCUT2D eigenvalue weighted by atomic mass is 9.86. The van der Waals surface area contributed by atoms with Gasteiger partial charge in [0.25, 0.3) is 0 Å². The summed E-state index contributed by atoms with van der Waals surface area (Å²) in [5.74, 6) is 0. The van der Waals surface area contributed by atoms with E-state index >= 15 is 0 Å². The number of aliphatic hydroxyl groups is 1.